The Bertz CT molecular complexity index is 2590. The fourth-order valence-corrected chi connectivity index (χ4v) is 8.63. The number of nitrogens with zero attached hydrogens (tertiary/aromatic N) is 1. The van der Waals surface area contributed by atoms with E-state index in [2.05, 4.69) is 220 Å². The van der Waals surface area contributed by atoms with Crippen LogP contribution < -0.4 is 4.90 Å². The summed E-state index contributed by atoms with van der Waals surface area (Å²) in [4.78, 5) is 2.48. The first-order chi connectivity index (χ1) is 26.1. The second-order valence-electron chi connectivity index (χ2n) is 14.2. The minimum Gasteiger partial charge on any atom is -0.310 e. The molecule has 1 heteroatoms. The Morgan fingerprint density at radius 3 is 1.81 bits per heavy atom. The molecule has 1 aliphatic rings. The van der Waals surface area contributed by atoms with Crippen LogP contribution in [0.4, 0.5) is 17.1 Å². The molecule has 0 fully saturated rings. The van der Waals surface area contributed by atoms with E-state index in [0.29, 0.717) is 0 Å². The summed E-state index contributed by atoms with van der Waals surface area (Å²) in [6.45, 7) is 6.50. The van der Waals surface area contributed by atoms with Gasteiger partial charge in [-0.15, -0.1) is 0 Å². The van der Waals surface area contributed by atoms with Crippen molar-refractivity contribution in [3.63, 3.8) is 0 Å². The minimum absolute atomic E-state index is 0.529. The highest BCUT2D eigenvalue weighted by Crippen LogP contribution is 2.60. The van der Waals surface area contributed by atoms with Crippen LogP contribution in [-0.2, 0) is 5.41 Å². The van der Waals surface area contributed by atoms with Crippen molar-refractivity contribution in [1.29, 1.82) is 0 Å². The maximum atomic E-state index is 2.51. The molecule has 0 aliphatic heterocycles. The second-order valence-corrected chi connectivity index (χ2v) is 14.2. The third-order valence-corrected chi connectivity index (χ3v) is 11.0. The summed E-state index contributed by atoms with van der Waals surface area (Å²) in [5, 5.41) is 2.47. The molecule has 9 rings (SSSR count). The van der Waals surface area contributed by atoms with E-state index in [0.717, 1.165) is 17.1 Å². The summed E-state index contributed by atoms with van der Waals surface area (Å²) >= 11 is 0. The van der Waals surface area contributed by atoms with Crippen LogP contribution in [0.15, 0.2) is 188 Å². The van der Waals surface area contributed by atoms with Crippen molar-refractivity contribution in [3.05, 3.63) is 227 Å². The molecule has 0 saturated carbocycles. The number of benzene rings is 8. The van der Waals surface area contributed by atoms with E-state index in [1.54, 1.807) is 0 Å². The van der Waals surface area contributed by atoms with Crippen molar-refractivity contribution in [1.82, 2.24) is 0 Å². The summed E-state index contributed by atoms with van der Waals surface area (Å²) < 4.78 is 0. The quantitative estimate of drug-likeness (QED) is 0.162. The minimum atomic E-state index is -0.529. The molecule has 1 aliphatic carbocycles. The molecule has 254 valence electrons. The molecule has 0 N–H and O–H groups in total. The van der Waals surface area contributed by atoms with Gasteiger partial charge in [-0.3, -0.25) is 0 Å². The zero-order valence-corrected chi connectivity index (χ0v) is 30.4. The number of hydrogen-bond acceptors (Lipinski definition) is 1. The number of aryl methyl sites for hydroxylation is 2. The summed E-state index contributed by atoms with van der Waals surface area (Å²) in [6.07, 6.45) is 4.34. The Labute approximate surface area is 313 Å². The van der Waals surface area contributed by atoms with E-state index in [-0.39, 0.29) is 0 Å². The molecule has 0 spiro atoms. The van der Waals surface area contributed by atoms with Crippen LogP contribution in [0.25, 0.3) is 39.1 Å². The van der Waals surface area contributed by atoms with E-state index >= 15 is 0 Å². The van der Waals surface area contributed by atoms with Gasteiger partial charge in [-0.05, 0) is 112 Å². The van der Waals surface area contributed by atoms with E-state index in [9.17, 15) is 0 Å². The fraction of sp³-hybridized carbons (Fsp3) is 0.0769. The van der Waals surface area contributed by atoms with Crippen LogP contribution in [0.5, 0.6) is 0 Å². The molecule has 0 amide bonds. The zero-order chi connectivity index (χ0) is 35.9. The number of anilines is 3. The molecule has 0 atom stereocenters. The lowest BCUT2D eigenvalue weighted by molar-refractivity contribution is 0.768. The van der Waals surface area contributed by atoms with Gasteiger partial charge in [0.05, 0.1) is 11.1 Å². The Morgan fingerprint density at radius 1 is 0.491 bits per heavy atom. The third-order valence-electron chi connectivity index (χ3n) is 11.0. The van der Waals surface area contributed by atoms with Crippen molar-refractivity contribution in [2.45, 2.75) is 26.2 Å². The van der Waals surface area contributed by atoms with Crippen LogP contribution in [0, 0.1) is 13.8 Å². The van der Waals surface area contributed by atoms with Gasteiger partial charge in [0, 0.05) is 16.8 Å². The standard InChI is InChI=1S/C52H41N/c1-4-17-39-33-44(30-29-37(39)3)53(43-25-16-20-40(34-43)38-18-8-5-9-19-38)50-35-49-51(46-27-15-14-26-45(46)50)47-31-28-36(2)32-48(47)52(49,41-21-10-6-11-22-41)42-23-12-7-13-24-42/h4-35H,1-3H3/b17-4-. The topological polar surface area (TPSA) is 3.24 Å². The van der Waals surface area contributed by atoms with Crippen LogP contribution >= 0.6 is 0 Å². The van der Waals surface area contributed by atoms with Crippen molar-refractivity contribution in [2.75, 3.05) is 4.90 Å². The zero-order valence-electron chi connectivity index (χ0n) is 30.4. The molecular weight excluding hydrogens is 639 g/mol. The highest BCUT2D eigenvalue weighted by molar-refractivity contribution is 6.11. The maximum Gasteiger partial charge on any atom is 0.0714 e. The highest BCUT2D eigenvalue weighted by Gasteiger charge is 2.47. The van der Waals surface area contributed by atoms with Gasteiger partial charge in [-0.25, -0.2) is 0 Å². The normalized spacial score (nSPS) is 12.9. The molecule has 8 aromatic rings. The average Bonchev–Trinajstić information content (AvgIpc) is 3.50. The number of fused-ring (bicyclic) bond motifs is 5. The first-order valence-electron chi connectivity index (χ1n) is 18.6. The third kappa shape index (κ3) is 5.31. The van der Waals surface area contributed by atoms with E-state index in [1.165, 1.54) is 72.0 Å². The number of allylic oxidation sites excluding steroid dienone is 1. The van der Waals surface area contributed by atoms with Crippen molar-refractivity contribution >= 4 is 33.9 Å². The predicted octanol–water partition coefficient (Wildman–Crippen LogP) is 14.0. The van der Waals surface area contributed by atoms with Crippen LogP contribution in [0.3, 0.4) is 0 Å². The van der Waals surface area contributed by atoms with E-state index < -0.39 is 5.41 Å². The van der Waals surface area contributed by atoms with Gasteiger partial charge in [0.1, 0.15) is 0 Å². The van der Waals surface area contributed by atoms with Crippen molar-refractivity contribution in [3.8, 4) is 22.3 Å². The SMILES string of the molecule is C/C=C\c1cc(N(c2cccc(-c3ccccc3)c2)c2cc3c(c4ccccc24)-c2ccc(C)cc2C3(c2ccccc2)c2ccccc2)ccc1C. The van der Waals surface area contributed by atoms with Crippen LogP contribution in [0.1, 0.15) is 45.9 Å². The Hall–Kier alpha value is -6.44. The van der Waals surface area contributed by atoms with Crippen molar-refractivity contribution in [2.24, 2.45) is 0 Å². The average molecular weight is 680 g/mol. The smallest absolute Gasteiger partial charge is 0.0714 e. The summed E-state index contributed by atoms with van der Waals surface area (Å²) in [5.41, 5.74) is 16.7. The van der Waals surface area contributed by atoms with Gasteiger partial charge < -0.3 is 4.90 Å². The summed E-state index contributed by atoms with van der Waals surface area (Å²) in [6, 6.07) is 67.4. The van der Waals surface area contributed by atoms with Gasteiger partial charge >= 0.3 is 0 Å². The summed E-state index contributed by atoms with van der Waals surface area (Å²) in [7, 11) is 0. The molecular formula is C52H41N. The molecule has 0 aromatic heterocycles. The number of rotatable bonds is 7. The molecule has 1 nitrogen and oxygen atoms in total. The highest BCUT2D eigenvalue weighted by atomic mass is 15.1. The molecule has 0 bridgehead atoms. The lowest BCUT2D eigenvalue weighted by Crippen LogP contribution is -2.29. The lowest BCUT2D eigenvalue weighted by atomic mass is 9.67. The Balaban J connectivity index is 1.42. The summed E-state index contributed by atoms with van der Waals surface area (Å²) in [5.74, 6) is 0. The Morgan fingerprint density at radius 2 is 1.11 bits per heavy atom. The van der Waals surface area contributed by atoms with Gasteiger partial charge in [0.2, 0.25) is 0 Å². The molecule has 0 unspecified atom stereocenters. The van der Waals surface area contributed by atoms with E-state index in [4.69, 9.17) is 0 Å². The van der Waals surface area contributed by atoms with Crippen LogP contribution in [0.2, 0.25) is 0 Å². The molecule has 0 heterocycles. The van der Waals surface area contributed by atoms with Crippen LogP contribution in [-0.4, -0.2) is 0 Å². The molecule has 0 saturated heterocycles. The van der Waals surface area contributed by atoms with E-state index in [1.807, 2.05) is 0 Å². The van der Waals surface area contributed by atoms with Gasteiger partial charge in [0.15, 0.2) is 0 Å². The van der Waals surface area contributed by atoms with Gasteiger partial charge in [0.25, 0.3) is 0 Å². The Kier molecular flexibility index (Phi) is 8.13. The first-order valence-corrected chi connectivity index (χ1v) is 18.6. The predicted molar refractivity (Wildman–Crippen MR) is 226 cm³/mol. The molecule has 0 radical (unpaired) electrons. The first kappa shape index (κ1) is 32.5. The van der Waals surface area contributed by atoms with Gasteiger partial charge in [-0.2, -0.15) is 0 Å². The molecule has 53 heavy (non-hydrogen) atoms. The van der Waals surface area contributed by atoms with Crippen molar-refractivity contribution < 1.29 is 0 Å². The number of hydrogen-bond donors (Lipinski definition) is 0. The monoisotopic (exact) mass is 679 g/mol. The van der Waals surface area contributed by atoms with Gasteiger partial charge in [-0.1, -0.05) is 169 Å². The molecule has 8 aromatic carbocycles. The maximum absolute atomic E-state index is 2.51. The second kappa shape index (κ2) is 13.3. The lowest BCUT2D eigenvalue weighted by Gasteiger charge is -2.35. The fourth-order valence-electron chi connectivity index (χ4n) is 8.63. The largest absolute Gasteiger partial charge is 0.310 e.